The van der Waals surface area contributed by atoms with Gasteiger partial charge in [-0.15, -0.1) is 0 Å². The molecule has 0 bridgehead atoms. The Morgan fingerprint density at radius 3 is 2.50 bits per heavy atom. The molecule has 8 heteroatoms. The molecular formula is C26H28N6O2. The minimum atomic E-state index is -0.0765. The topological polar surface area (TPSA) is 99.2 Å². The van der Waals surface area contributed by atoms with Crippen molar-refractivity contribution in [2.24, 2.45) is 0 Å². The van der Waals surface area contributed by atoms with E-state index in [2.05, 4.69) is 16.5 Å². The van der Waals surface area contributed by atoms with E-state index in [1.54, 1.807) is 4.90 Å². The normalized spacial score (nSPS) is 15.0. The first-order chi connectivity index (χ1) is 16.6. The molecule has 4 aromatic rings. The summed E-state index contributed by atoms with van der Waals surface area (Å²) in [4.78, 5) is 22.4. The number of ether oxygens (including phenoxy) is 1. The number of carbonyl (C=O) groups excluding carboxylic acids is 1. The van der Waals surface area contributed by atoms with Crippen molar-refractivity contribution in [2.45, 2.75) is 26.3 Å². The van der Waals surface area contributed by atoms with Gasteiger partial charge in [0.1, 0.15) is 29.3 Å². The third kappa shape index (κ3) is 4.47. The van der Waals surface area contributed by atoms with Gasteiger partial charge in [0.25, 0.3) is 0 Å². The zero-order chi connectivity index (χ0) is 24.1. The van der Waals surface area contributed by atoms with Crippen LogP contribution in [0.25, 0.3) is 22.3 Å². The number of nitrogens with zero attached hydrogens (tertiary/aromatic N) is 5. The summed E-state index contributed by atoms with van der Waals surface area (Å²) in [7, 11) is 0. The number of aromatic nitrogens is 4. The lowest BCUT2D eigenvalue weighted by Gasteiger charge is -2.14. The zero-order valence-electron chi connectivity index (χ0n) is 19.4. The van der Waals surface area contributed by atoms with Crippen LogP contribution in [0.3, 0.4) is 0 Å². The molecule has 1 saturated heterocycles. The molecule has 0 radical (unpaired) electrons. The number of nitrogen functional groups attached to an aromatic ring is 1. The summed E-state index contributed by atoms with van der Waals surface area (Å²) < 4.78 is 7.76. The van der Waals surface area contributed by atoms with Gasteiger partial charge in [0.15, 0.2) is 5.65 Å². The smallest absolute Gasteiger partial charge is 0.246 e. The molecule has 34 heavy (non-hydrogen) atoms. The number of rotatable bonds is 5. The molecule has 1 aliphatic rings. The van der Waals surface area contributed by atoms with Gasteiger partial charge in [-0.25, -0.2) is 14.6 Å². The molecule has 2 N–H and O–H groups in total. The van der Waals surface area contributed by atoms with Crippen molar-refractivity contribution >= 4 is 22.8 Å². The highest BCUT2D eigenvalue weighted by Gasteiger charge is 2.30. The highest BCUT2D eigenvalue weighted by atomic mass is 16.5. The summed E-state index contributed by atoms with van der Waals surface area (Å²) in [5.74, 6) is 1.79. The fourth-order valence-electron chi connectivity index (χ4n) is 4.03. The fraction of sp³-hybridized carbons (Fsp3) is 0.231. The first kappa shape index (κ1) is 23.0. The Morgan fingerprint density at radius 1 is 1.09 bits per heavy atom. The van der Waals surface area contributed by atoms with Gasteiger partial charge in [0, 0.05) is 18.7 Å². The summed E-state index contributed by atoms with van der Waals surface area (Å²) in [6, 6.07) is 17.3. The summed E-state index contributed by atoms with van der Waals surface area (Å²) in [6.45, 7) is 8.78. The predicted octanol–water partition coefficient (Wildman–Crippen LogP) is 4.85. The molecule has 0 saturated carbocycles. The van der Waals surface area contributed by atoms with E-state index >= 15 is 0 Å². The van der Waals surface area contributed by atoms with E-state index in [-0.39, 0.29) is 11.9 Å². The van der Waals surface area contributed by atoms with E-state index in [1.807, 2.05) is 73.1 Å². The molecule has 1 atom stereocenters. The maximum absolute atomic E-state index is 12.0. The van der Waals surface area contributed by atoms with Gasteiger partial charge in [-0.2, -0.15) is 5.10 Å². The SMILES string of the molecule is C=CC(=O)N1CC[C@@H](n2nc(-c3ccc(Oc4ccccc4)cc3)c3c(N)ncnc32)C1.CC. The van der Waals surface area contributed by atoms with Crippen molar-refractivity contribution < 1.29 is 9.53 Å². The van der Waals surface area contributed by atoms with Gasteiger partial charge in [0.2, 0.25) is 5.91 Å². The van der Waals surface area contributed by atoms with Crippen LogP contribution in [-0.2, 0) is 4.79 Å². The molecule has 2 aromatic carbocycles. The van der Waals surface area contributed by atoms with E-state index in [0.717, 1.165) is 23.5 Å². The van der Waals surface area contributed by atoms with Crippen molar-refractivity contribution in [3.63, 3.8) is 0 Å². The van der Waals surface area contributed by atoms with Gasteiger partial charge < -0.3 is 15.4 Å². The lowest BCUT2D eigenvalue weighted by atomic mass is 10.1. The van der Waals surface area contributed by atoms with Crippen LogP contribution in [0.15, 0.2) is 73.6 Å². The van der Waals surface area contributed by atoms with Gasteiger partial charge >= 0.3 is 0 Å². The molecule has 8 nitrogen and oxygen atoms in total. The van der Waals surface area contributed by atoms with Crippen LogP contribution in [0.1, 0.15) is 26.3 Å². The average Bonchev–Trinajstić information content (AvgIpc) is 3.52. The van der Waals surface area contributed by atoms with Crippen molar-refractivity contribution in [1.82, 2.24) is 24.6 Å². The number of benzene rings is 2. The molecule has 2 aromatic heterocycles. The Labute approximate surface area is 198 Å². The second kappa shape index (κ2) is 10.2. The Morgan fingerprint density at radius 2 is 1.79 bits per heavy atom. The number of fused-ring (bicyclic) bond motifs is 1. The standard InChI is InChI=1S/C24H22N6O2.C2H6/c1-2-20(31)29-13-12-17(14-29)30-24-21(23(25)26-15-27-24)22(28-30)16-8-10-19(11-9-16)32-18-6-4-3-5-7-18;1-2/h2-11,15,17H,1,12-14H2,(H2,25,26,27);1-2H3/t17-;/m1./s1. The predicted molar refractivity (Wildman–Crippen MR) is 133 cm³/mol. The average molecular weight is 457 g/mol. The Bertz CT molecular complexity index is 1280. The van der Waals surface area contributed by atoms with Crippen LogP contribution < -0.4 is 10.5 Å². The van der Waals surface area contributed by atoms with E-state index < -0.39 is 0 Å². The van der Waals surface area contributed by atoms with Crippen LogP contribution in [0.5, 0.6) is 11.5 Å². The highest BCUT2D eigenvalue weighted by molar-refractivity contribution is 5.98. The minimum Gasteiger partial charge on any atom is -0.457 e. The monoisotopic (exact) mass is 456 g/mol. The van der Waals surface area contributed by atoms with Gasteiger partial charge in [0.05, 0.1) is 11.4 Å². The summed E-state index contributed by atoms with van der Waals surface area (Å²) in [5.41, 5.74) is 8.48. The van der Waals surface area contributed by atoms with Crippen LogP contribution in [-0.4, -0.2) is 43.6 Å². The number of nitrogens with two attached hydrogens (primary N) is 1. The number of amides is 1. The second-order valence-electron chi connectivity index (χ2n) is 7.62. The molecule has 1 aliphatic heterocycles. The number of hydrogen-bond donors (Lipinski definition) is 1. The molecule has 174 valence electrons. The Balaban J connectivity index is 0.00000133. The highest BCUT2D eigenvalue weighted by Crippen LogP contribution is 2.34. The largest absolute Gasteiger partial charge is 0.457 e. The number of hydrogen-bond acceptors (Lipinski definition) is 6. The number of anilines is 1. The minimum absolute atomic E-state index is 0.00476. The number of para-hydroxylation sites is 1. The molecule has 0 aliphatic carbocycles. The molecule has 1 amide bonds. The Hall–Kier alpha value is -4.20. The molecule has 5 rings (SSSR count). The third-order valence-corrected chi connectivity index (χ3v) is 5.62. The lowest BCUT2D eigenvalue weighted by molar-refractivity contribution is -0.125. The van der Waals surface area contributed by atoms with E-state index in [4.69, 9.17) is 15.6 Å². The summed E-state index contributed by atoms with van der Waals surface area (Å²) in [6.07, 6.45) is 3.57. The van der Waals surface area contributed by atoms with Crippen molar-refractivity contribution in [3.05, 3.63) is 73.6 Å². The molecule has 1 fully saturated rings. The summed E-state index contributed by atoms with van der Waals surface area (Å²) >= 11 is 0. The van der Waals surface area contributed by atoms with Gasteiger partial charge in [-0.05, 0) is 48.9 Å². The second-order valence-corrected chi connectivity index (χ2v) is 7.62. The number of carbonyl (C=O) groups is 1. The quantitative estimate of drug-likeness (QED) is 0.431. The molecule has 0 spiro atoms. The van der Waals surface area contributed by atoms with Crippen molar-refractivity contribution in [1.29, 1.82) is 0 Å². The maximum Gasteiger partial charge on any atom is 0.246 e. The Kier molecular flexibility index (Phi) is 6.87. The van der Waals surface area contributed by atoms with Gasteiger partial charge in [-0.3, -0.25) is 4.79 Å². The van der Waals surface area contributed by atoms with E-state index in [9.17, 15) is 4.79 Å². The summed E-state index contributed by atoms with van der Waals surface area (Å²) in [5, 5.41) is 5.57. The van der Waals surface area contributed by atoms with Crippen LogP contribution >= 0.6 is 0 Å². The molecule has 0 unspecified atom stereocenters. The van der Waals surface area contributed by atoms with Gasteiger partial charge in [-0.1, -0.05) is 38.6 Å². The van der Waals surface area contributed by atoms with E-state index in [0.29, 0.717) is 35.6 Å². The van der Waals surface area contributed by atoms with Crippen LogP contribution in [0.2, 0.25) is 0 Å². The van der Waals surface area contributed by atoms with Crippen LogP contribution in [0.4, 0.5) is 5.82 Å². The van der Waals surface area contributed by atoms with Crippen LogP contribution in [0, 0.1) is 0 Å². The molecular weight excluding hydrogens is 428 g/mol. The lowest BCUT2D eigenvalue weighted by Crippen LogP contribution is -2.27. The fourth-order valence-corrected chi connectivity index (χ4v) is 4.03. The first-order valence-corrected chi connectivity index (χ1v) is 11.4. The third-order valence-electron chi connectivity index (χ3n) is 5.62. The van der Waals surface area contributed by atoms with E-state index in [1.165, 1.54) is 12.4 Å². The molecule has 3 heterocycles. The van der Waals surface area contributed by atoms with Crippen molar-refractivity contribution in [2.75, 3.05) is 18.8 Å². The maximum atomic E-state index is 12.0. The zero-order valence-corrected chi connectivity index (χ0v) is 19.4. The van der Waals surface area contributed by atoms with Crippen molar-refractivity contribution in [3.8, 4) is 22.8 Å². The number of likely N-dealkylation sites (tertiary alicyclic amines) is 1. The first-order valence-electron chi connectivity index (χ1n) is 11.4.